The minimum atomic E-state index is -0.161. The first-order valence-electron chi connectivity index (χ1n) is 7.37. The number of aromatic nitrogens is 1. The summed E-state index contributed by atoms with van der Waals surface area (Å²) >= 11 is 0. The molecule has 104 valence electrons. The van der Waals surface area contributed by atoms with E-state index in [0.29, 0.717) is 5.69 Å². The van der Waals surface area contributed by atoms with Crippen molar-refractivity contribution in [3.8, 4) is 0 Å². The zero-order valence-corrected chi connectivity index (χ0v) is 11.3. The number of fused-ring (bicyclic) bond motifs is 8. The van der Waals surface area contributed by atoms with E-state index in [1.54, 1.807) is 0 Å². The van der Waals surface area contributed by atoms with Crippen LogP contribution in [-0.4, -0.2) is 16.8 Å². The Morgan fingerprint density at radius 1 is 0.905 bits per heavy atom. The van der Waals surface area contributed by atoms with Gasteiger partial charge in [-0.15, -0.1) is 0 Å². The first-order valence-corrected chi connectivity index (χ1v) is 7.37. The number of rotatable bonds is 1. The van der Waals surface area contributed by atoms with Crippen LogP contribution in [0, 0.1) is 11.8 Å². The fraction of sp³-hybridized carbons (Fsp3) is 0.294. The van der Waals surface area contributed by atoms with Gasteiger partial charge in [-0.2, -0.15) is 0 Å². The summed E-state index contributed by atoms with van der Waals surface area (Å²) in [5, 5.41) is 0. The van der Waals surface area contributed by atoms with Gasteiger partial charge in [-0.1, -0.05) is 18.2 Å². The van der Waals surface area contributed by atoms with Gasteiger partial charge in [0.1, 0.15) is 0 Å². The number of carbonyl (C=O) groups excluding carboxylic acids is 2. The fourth-order valence-electron chi connectivity index (χ4n) is 4.63. The molecular formula is C17H14N2O2. The van der Waals surface area contributed by atoms with Crippen LogP contribution in [0.25, 0.3) is 0 Å². The zero-order chi connectivity index (χ0) is 14.1. The van der Waals surface area contributed by atoms with Gasteiger partial charge in [0, 0.05) is 12.4 Å². The highest BCUT2D eigenvalue weighted by Crippen LogP contribution is 2.62. The van der Waals surface area contributed by atoms with Gasteiger partial charge in [-0.05, 0) is 41.5 Å². The number of H-pyrrole nitrogens is 1. The summed E-state index contributed by atoms with van der Waals surface area (Å²) in [4.78, 5) is 30.2. The number of nitrogens with zero attached hydrogens (tertiary/aromatic N) is 1. The third kappa shape index (κ3) is 1.21. The molecule has 2 amide bonds. The fourth-order valence-corrected chi connectivity index (χ4v) is 4.63. The van der Waals surface area contributed by atoms with Crippen LogP contribution in [0.2, 0.25) is 0 Å². The Balaban J connectivity index is 1.62. The van der Waals surface area contributed by atoms with Crippen LogP contribution in [0.15, 0.2) is 42.7 Å². The smallest absolute Gasteiger partial charge is 0.238 e. The summed E-state index contributed by atoms with van der Waals surface area (Å²) in [7, 11) is 0. The van der Waals surface area contributed by atoms with E-state index in [2.05, 4.69) is 4.98 Å². The van der Waals surface area contributed by atoms with Crippen LogP contribution in [0.5, 0.6) is 0 Å². The lowest BCUT2D eigenvalue weighted by Gasteiger charge is -2.20. The topological polar surface area (TPSA) is 53.2 Å². The second kappa shape index (κ2) is 3.64. The largest absolute Gasteiger partial charge is 0.367 e. The van der Waals surface area contributed by atoms with E-state index in [9.17, 15) is 9.59 Å². The molecule has 1 N–H and O–H groups in total. The molecule has 2 aliphatic carbocycles. The summed E-state index contributed by atoms with van der Waals surface area (Å²) < 4.78 is 0. The van der Waals surface area contributed by atoms with Gasteiger partial charge in [0.25, 0.3) is 0 Å². The highest BCUT2D eigenvalue weighted by Gasteiger charge is 2.63. The molecule has 2 aromatic rings. The van der Waals surface area contributed by atoms with Crippen LogP contribution in [0.4, 0.5) is 5.69 Å². The van der Waals surface area contributed by atoms with Crippen LogP contribution >= 0.6 is 0 Å². The standard InChI is InChI=1S/C17H14N2O2/c20-16-14-10-6-11(13-8-18-7-12(10)13)15(14)17(21)19(16)9-4-2-1-3-5-9/h1-5,7-8,10-11,14-15,18H,6H2/t10-,11+,14-,15+. The Kier molecular flexibility index (Phi) is 1.96. The summed E-state index contributed by atoms with van der Waals surface area (Å²) in [6, 6.07) is 9.29. The van der Waals surface area contributed by atoms with Crippen LogP contribution in [0.3, 0.4) is 0 Å². The van der Waals surface area contributed by atoms with Gasteiger partial charge in [-0.25, -0.2) is 0 Å². The molecular weight excluding hydrogens is 264 g/mol. The molecule has 0 radical (unpaired) electrons. The molecule has 4 heteroatoms. The lowest BCUT2D eigenvalue weighted by molar-refractivity contribution is -0.123. The van der Waals surface area contributed by atoms with Gasteiger partial charge in [0.05, 0.1) is 17.5 Å². The van der Waals surface area contributed by atoms with Crippen molar-refractivity contribution >= 4 is 17.5 Å². The minimum absolute atomic E-state index is 0.0180. The molecule has 1 saturated carbocycles. The molecule has 4 nitrogen and oxygen atoms in total. The molecule has 0 spiro atoms. The van der Waals surface area contributed by atoms with E-state index in [1.807, 2.05) is 42.7 Å². The molecule has 2 fully saturated rings. The third-order valence-corrected chi connectivity index (χ3v) is 5.40. The molecule has 2 heterocycles. The van der Waals surface area contributed by atoms with E-state index in [-0.39, 0.29) is 35.5 Å². The second-order valence-corrected chi connectivity index (χ2v) is 6.21. The number of benzene rings is 1. The Morgan fingerprint density at radius 2 is 1.48 bits per heavy atom. The number of nitrogens with one attached hydrogen (secondary N) is 1. The highest BCUT2D eigenvalue weighted by molar-refractivity contribution is 6.23. The molecule has 2 bridgehead atoms. The van der Waals surface area contributed by atoms with E-state index in [4.69, 9.17) is 0 Å². The first-order chi connectivity index (χ1) is 10.3. The molecule has 1 aromatic heterocycles. The molecule has 4 atom stereocenters. The first kappa shape index (κ1) is 11.3. The van der Waals surface area contributed by atoms with E-state index in [0.717, 1.165) is 6.42 Å². The summed E-state index contributed by atoms with van der Waals surface area (Å²) in [6.07, 6.45) is 4.95. The van der Waals surface area contributed by atoms with Crippen molar-refractivity contribution in [2.75, 3.05) is 4.90 Å². The number of para-hydroxylation sites is 1. The number of imide groups is 1. The lowest BCUT2D eigenvalue weighted by atomic mass is 9.79. The second-order valence-electron chi connectivity index (χ2n) is 6.21. The molecule has 0 unspecified atom stereocenters. The van der Waals surface area contributed by atoms with E-state index >= 15 is 0 Å². The molecule has 21 heavy (non-hydrogen) atoms. The van der Waals surface area contributed by atoms with Crippen molar-refractivity contribution < 1.29 is 9.59 Å². The average Bonchev–Trinajstić information content (AvgIpc) is 3.22. The third-order valence-electron chi connectivity index (χ3n) is 5.40. The zero-order valence-electron chi connectivity index (χ0n) is 11.3. The van der Waals surface area contributed by atoms with Gasteiger partial charge in [-0.3, -0.25) is 14.5 Å². The number of hydrogen-bond acceptors (Lipinski definition) is 2. The Morgan fingerprint density at radius 3 is 2.05 bits per heavy atom. The average molecular weight is 278 g/mol. The maximum atomic E-state index is 12.8. The molecule has 3 aliphatic rings. The monoisotopic (exact) mass is 278 g/mol. The van der Waals surface area contributed by atoms with Crippen molar-refractivity contribution in [2.24, 2.45) is 11.8 Å². The highest BCUT2D eigenvalue weighted by atomic mass is 16.2. The maximum absolute atomic E-state index is 12.8. The van der Waals surface area contributed by atoms with Crippen LogP contribution < -0.4 is 4.90 Å². The van der Waals surface area contributed by atoms with Gasteiger partial charge in [0.15, 0.2) is 0 Å². The Labute approximate surface area is 121 Å². The number of aromatic amines is 1. The SMILES string of the molecule is O=C1[C@@H]2[C@H](C(=O)N1c1ccccc1)[C@@H]1C[C@H]2c2c[nH]cc21. The Bertz CT molecular complexity index is 722. The van der Waals surface area contributed by atoms with E-state index < -0.39 is 0 Å². The van der Waals surface area contributed by atoms with Crippen molar-refractivity contribution in [1.29, 1.82) is 0 Å². The van der Waals surface area contributed by atoms with Crippen molar-refractivity contribution in [2.45, 2.75) is 18.3 Å². The number of hydrogen-bond donors (Lipinski definition) is 1. The lowest BCUT2D eigenvalue weighted by Crippen LogP contribution is -2.32. The molecule has 1 saturated heterocycles. The molecule has 5 rings (SSSR count). The van der Waals surface area contributed by atoms with E-state index in [1.165, 1.54) is 16.0 Å². The molecule has 1 aliphatic heterocycles. The normalized spacial score (nSPS) is 32.7. The number of anilines is 1. The minimum Gasteiger partial charge on any atom is -0.367 e. The van der Waals surface area contributed by atoms with Crippen molar-refractivity contribution in [3.63, 3.8) is 0 Å². The summed E-state index contributed by atoms with van der Waals surface area (Å²) in [5.74, 6) is 0.0703. The van der Waals surface area contributed by atoms with Gasteiger partial charge in [0.2, 0.25) is 11.8 Å². The number of amides is 2. The predicted molar refractivity (Wildman–Crippen MR) is 76.8 cm³/mol. The molecule has 1 aromatic carbocycles. The summed E-state index contributed by atoms with van der Waals surface area (Å²) in [5.41, 5.74) is 3.20. The quantitative estimate of drug-likeness (QED) is 0.814. The number of carbonyl (C=O) groups is 2. The van der Waals surface area contributed by atoms with Crippen LogP contribution in [-0.2, 0) is 9.59 Å². The van der Waals surface area contributed by atoms with Crippen LogP contribution in [0.1, 0.15) is 29.4 Å². The maximum Gasteiger partial charge on any atom is 0.238 e. The van der Waals surface area contributed by atoms with Crippen molar-refractivity contribution in [3.05, 3.63) is 53.9 Å². The van der Waals surface area contributed by atoms with Crippen molar-refractivity contribution in [1.82, 2.24) is 4.98 Å². The predicted octanol–water partition coefficient (Wildman–Crippen LogP) is 2.41. The van der Waals surface area contributed by atoms with Gasteiger partial charge < -0.3 is 4.98 Å². The summed E-state index contributed by atoms with van der Waals surface area (Å²) in [6.45, 7) is 0. The van der Waals surface area contributed by atoms with Gasteiger partial charge >= 0.3 is 0 Å². The Hall–Kier alpha value is -2.36.